The molecule has 0 unspecified atom stereocenters. The molecule has 2 amide bonds. The van der Waals surface area contributed by atoms with Crippen LogP contribution in [-0.4, -0.2) is 122 Å². The molecular formula is C59H82Cl2K2N14O11S4. The summed E-state index contributed by atoms with van der Waals surface area (Å²) < 4.78 is 73.6. The van der Waals surface area contributed by atoms with E-state index in [1.165, 1.54) is 96.8 Å². The minimum Gasteiger partial charge on any atom is -1.00 e. The first-order chi connectivity index (χ1) is 41.0. The van der Waals surface area contributed by atoms with Crippen LogP contribution in [0.4, 0.5) is 5.82 Å². The first-order valence-electron chi connectivity index (χ1n) is 29.5. The topological polar surface area (TPSA) is 307 Å². The maximum absolute atomic E-state index is 13.5. The van der Waals surface area contributed by atoms with Crippen LogP contribution in [0.3, 0.4) is 0 Å². The fourth-order valence-electron chi connectivity index (χ4n) is 14.8. The minimum absolute atomic E-state index is 0. The predicted octanol–water partition coefficient (Wildman–Crippen LogP) is 0.869. The molecule has 6 aromatic rings. The molecule has 92 heavy (non-hydrogen) atoms. The van der Waals surface area contributed by atoms with E-state index in [9.17, 15) is 26.4 Å². The average Bonchev–Trinajstić information content (AvgIpc) is 1.45. The number of nitrogens with zero attached hydrogens (tertiary/aromatic N) is 11. The molecular weight excluding hydrogens is 1360 g/mol. The molecule has 8 fully saturated rings. The number of hydrogen-bond donors (Lipinski definition) is 3. The van der Waals surface area contributed by atoms with Crippen molar-refractivity contribution in [1.82, 2.24) is 63.9 Å². The summed E-state index contributed by atoms with van der Waals surface area (Å²) in [4.78, 5) is 48.5. The summed E-state index contributed by atoms with van der Waals surface area (Å²) in [5.41, 5.74) is 3.14. The van der Waals surface area contributed by atoms with Gasteiger partial charge < -0.3 is 31.3 Å². The fraction of sp³-hybridized carbons (Fsp3) is 0.576. The number of halogens is 2. The second-order valence-corrected chi connectivity index (χ2v) is 30.1. The number of aromatic nitrogens is 10. The number of nitrogens with one attached hydrogen (secondary N) is 3. The maximum atomic E-state index is 13.5. The van der Waals surface area contributed by atoms with Crippen molar-refractivity contribution >= 4 is 95.2 Å². The van der Waals surface area contributed by atoms with Crippen LogP contribution in [0.2, 0.25) is 5.15 Å². The molecule has 0 bridgehead atoms. The Morgan fingerprint density at radius 1 is 0.685 bits per heavy atom. The van der Waals surface area contributed by atoms with Crippen LogP contribution in [0.1, 0.15) is 139 Å². The molecule has 8 aliphatic rings. The number of sulfonamides is 2. The van der Waals surface area contributed by atoms with Crippen molar-refractivity contribution in [2.45, 2.75) is 140 Å². The number of pyridine rings is 2. The first-order valence-corrected chi connectivity index (χ1v) is 32.8. The summed E-state index contributed by atoms with van der Waals surface area (Å²) in [5.74, 6) is 3.35. The molecule has 494 valence electrons. The van der Waals surface area contributed by atoms with Crippen LogP contribution in [0, 0.1) is 59.2 Å². The third-order valence-electron chi connectivity index (χ3n) is 19.3. The molecule has 3 N–H and O–H groups in total. The van der Waals surface area contributed by atoms with Gasteiger partial charge in [-0.3, -0.25) is 23.7 Å². The summed E-state index contributed by atoms with van der Waals surface area (Å²) in [6.45, 7) is 19.4. The van der Waals surface area contributed by atoms with Gasteiger partial charge in [-0.05, 0) is 170 Å². The Hall–Kier alpha value is -2.68. The van der Waals surface area contributed by atoms with E-state index >= 15 is 0 Å². The Balaban J connectivity index is 0.000000274. The predicted molar refractivity (Wildman–Crippen MR) is 345 cm³/mol. The van der Waals surface area contributed by atoms with Crippen molar-refractivity contribution in [1.29, 1.82) is 0 Å². The van der Waals surface area contributed by atoms with Gasteiger partial charge in [0.05, 0.1) is 35.7 Å². The van der Waals surface area contributed by atoms with Crippen LogP contribution < -0.4 is 137 Å². The van der Waals surface area contributed by atoms with E-state index in [1.807, 2.05) is 10.8 Å². The van der Waals surface area contributed by atoms with E-state index in [-0.39, 0.29) is 187 Å². The molecule has 0 radical (unpaired) electrons. The zero-order chi connectivity index (χ0) is 62.4. The van der Waals surface area contributed by atoms with Gasteiger partial charge in [-0.25, -0.2) is 45.6 Å². The Morgan fingerprint density at radius 2 is 1.10 bits per heavy atom. The number of amides is 2. The van der Waals surface area contributed by atoms with E-state index < -0.39 is 31.9 Å². The normalized spacial score (nSPS) is 20.8. The molecule has 33 heteroatoms. The van der Waals surface area contributed by atoms with E-state index in [4.69, 9.17) is 36.1 Å². The van der Waals surface area contributed by atoms with E-state index in [2.05, 4.69) is 86.7 Å². The molecule has 2 saturated heterocycles. The number of rotatable bonds is 16. The van der Waals surface area contributed by atoms with Gasteiger partial charge in [0.2, 0.25) is 11.8 Å². The molecule has 4 spiro atoms. The second-order valence-electron chi connectivity index (χ2n) is 26.5. The third kappa shape index (κ3) is 15.9. The standard InChI is InChI=1S/C29H37N7O4S.C22H23ClN6O4S.C7H15N.CH2O3.ClH.2K.2H2S.H/c1-18-14-27(3,4)35(15-18)25-20(26(37)33-41(38,39)21-16-34(5)31-19(21)2)6-7-23(30-25)36-13-8-24(32-36)40-17-22-28(9-10-28)29(22)11-12-29;1-13-15(11-28(2)25-13)34(31,32)27-20(30)14-3-4-17(24-19(14)23)29-10-5-18(26-29)33-12-16-21(6-7-21)22(16)8-9-22;1-6-4-7(2,3)8-5-6;2-1-4-3;;;;;;/h6-8,13,16,18,22H,9-12,14-15,17H2,1-5H3,(H,33,37);3-5,10-11,16H,6-9,12H2,1-2H3,(H,27,30);6,8H,4-5H2,1-3H3;1,3H;1H;;;2*1H2;/q;;;;;2*+1;;;-1/p-1/t18-;;6-;;;;;;;/m0.0......./s1. The van der Waals surface area contributed by atoms with Gasteiger partial charge in [-0.15, -0.1) is 22.6 Å². The van der Waals surface area contributed by atoms with Crippen LogP contribution in [0.5, 0.6) is 11.8 Å². The van der Waals surface area contributed by atoms with Crippen LogP contribution >= 0.6 is 51.0 Å². The zero-order valence-electron chi connectivity index (χ0n) is 55.1. The molecule has 6 aliphatic carbocycles. The van der Waals surface area contributed by atoms with Crippen molar-refractivity contribution in [2.24, 2.45) is 59.4 Å². The first kappa shape index (κ1) is 78.3. The third-order valence-corrected chi connectivity index (χ3v) is 22.5. The summed E-state index contributed by atoms with van der Waals surface area (Å²) in [5, 5.41) is 28.9. The fourth-order valence-corrected chi connectivity index (χ4v) is 17.5. The van der Waals surface area contributed by atoms with Gasteiger partial charge in [-0.2, -0.15) is 37.2 Å². The van der Waals surface area contributed by atoms with Crippen molar-refractivity contribution in [3.63, 3.8) is 0 Å². The van der Waals surface area contributed by atoms with Crippen LogP contribution in [-0.2, 0) is 43.8 Å². The number of ether oxygens (including phenoxy) is 2. The van der Waals surface area contributed by atoms with Gasteiger partial charge in [0.1, 0.15) is 20.8 Å². The number of aryl methyl sites for hydroxylation is 4. The largest absolute Gasteiger partial charge is 1.00 e. The monoisotopic (exact) mass is 1440 g/mol. The molecule has 6 saturated carbocycles. The number of fused-ring (bicyclic) bond motifs is 2. The van der Waals surface area contributed by atoms with Crippen molar-refractivity contribution < 1.29 is 155 Å². The van der Waals surface area contributed by atoms with Crippen LogP contribution in [0.25, 0.3) is 11.6 Å². The van der Waals surface area contributed by atoms with Crippen LogP contribution in [0.15, 0.2) is 71.0 Å². The Morgan fingerprint density at radius 3 is 1.42 bits per heavy atom. The quantitative estimate of drug-likeness (QED) is 0.0398. The molecule has 0 aromatic carbocycles. The minimum atomic E-state index is -4.14. The molecule has 8 heterocycles. The molecule has 6 aromatic heterocycles. The second kappa shape index (κ2) is 29.4. The van der Waals surface area contributed by atoms with E-state index in [1.54, 1.807) is 69.3 Å². The van der Waals surface area contributed by atoms with E-state index in [0.717, 1.165) is 12.3 Å². The number of anilines is 1. The number of hydrogen-bond acceptors (Lipinski definition) is 19. The summed E-state index contributed by atoms with van der Waals surface area (Å²) in [6, 6.07) is 9.86. The molecule has 2 aliphatic heterocycles. The smallest absolute Gasteiger partial charge is 1.00 e. The van der Waals surface area contributed by atoms with Crippen molar-refractivity contribution in [3.05, 3.63) is 88.9 Å². The Bertz CT molecular complexity index is 3880. The van der Waals surface area contributed by atoms with Gasteiger partial charge in [0, 0.05) is 80.5 Å². The van der Waals surface area contributed by atoms with Gasteiger partial charge in [-0.1, -0.05) is 25.4 Å². The Labute approximate surface area is 649 Å². The number of carbonyl (C=O) groups excluding carboxylic acids is 3. The summed E-state index contributed by atoms with van der Waals surface area (Å²) in [6.07, 6.45) is 19.2. The van der Waals surface area contributed by atoms with Gasteiger partial charge in [0.15, 0.2) is 11.6 Å². The summed E-state index contributed by atoms with van der Waals surface area (Å²) in [7, 11) is -5.02. The molecule has 14 rings (SSSR count). The Kier molecular flexibility index (Phi) is 25.0. The molecule has 2 atom stereocenters. The van der Waals surface area contributed by atoms with Gasteiger partial charge in [0.25, 0.3) is 38.3 Å². The number of carbonyl (C=O) groups is 3. The molecule has 25 nitrogen and oxygen atoms in total. The summed E-state index contributed by atoms with van der Waals surface area (Å²) >= 11 is 6.22. The maximum Gasteiger partial charge on any atom is 1.00 e. The average molecular weight is 1440 g/mol. The van der Waals surface area contributed by atoms with E-state index in [0.29, 0.717) is 99.6 Å². The SMILES string of the molecule is C[C@@H]1CNC(C)(C)C1.Cc1nn(C)cc1S(=O)(=O)NC(=O)c1ccc(-n2ccc(OCC3C4(CC4)C34CC4)n2)nc1Cl.Cc1nn(C)cc1S(=O)(=O)NC(=O)c1ccc(-n2ccc(OCC3C4(CC4)C34CC4)n2)nc1N1C[C@@H](C)CC1(C)C.Cl.O=CO[O-].S.S.[H-].[K+].[K+]. The van der Waals surface area contributed by atoms with Crippen molar-refractivity contribution in [2.75, 3.05) is 31.2 Å². The van der Waals surface area contributed by atoms with Gasteiger partial charge >= 0.3 is 103 Å². The zero-order valence-corrected chi connectivity index (χ0v) is 65.5. The van der Waals surface area contributed by atoms with Crippen molar-refractivity contribution in [3.8, 4) is 23.4 Å².